The number of nitrogens with zero attached hydrogens (tertiary/aromatic N) is 4. The Labute approximate surface area is 161 Å². The van der Waals surface area contributed by atoms with Crippen molar-refractivity contribution < 1.29 is 13.6 Å². The zero-order valence-corrected chi connectivity index (χ0v) is 15.9. The van der Waals surface area contributed by atoms with E-state index in [-0.39, 0.29) is 28.9 Å². The molecule has 2 heterocycles. The standard InChI is InChI=1S/C21H19FN4O2/c1-12-15(9-23)18-19(17(22)16(12)13-7-5-4-6-8-13)28-21(24-18)26-10-14(11-26)20(27)25(2)3/h4-8,14H,10-11H2,1-3H3. The lowest BCUT2D eigenvalue weighted by molar-refractivity contribution is -0.133. The van der Waals surface area contributed by atoms with E-state index >= 15 is 4.39 Å². The molecule has 1 fully saturated rings. The van der Waals surface area contributed by atoms with Gasteiger partial charge in [-0.1, -0.05) is 30.3 Å². The predicted molar refractivity (Wildman–Crippen MR) is 103 cm³/mol. The summed E-state index contributed by atoms with van der Waals surface area (Å²) in [7, 11) is 3.43. The summed E-state index contributed by atoms with van der Waals surface area (Å²) >= 11 is 0. The number of hydrogen-bond acceptors (Lipinski definition) is 5. The normalized spacial score (nSPS) is 14.0. The van der Waals surface area contributed by atoms with Crippen LogP contribution in [0.2, 0.25) is 0 Å². The van der Waals surface area contributed by atoms with E-state index in [0.717, 1.165) is 0 Å². The molecule has 0 saturated carbocycles. The summed E-state index contributed by atoms with van der Waals surface area (Å²) in [6.45, 7) is 2.63. The highest BCUT2D eigenvalue weighted by molar-refractivity contribution is 5.90. The van der Waals surface area contributed by atoms with Crippen molar-refractivity contribution in [2.45, 2.75) is 6.92 Å². The first-order valence-electron chi connectivity index (χ1n) is 8.96. The SMILES string of the molecule is Cc1c(-c2ccccc2)c(F)c2oc(N3CC(C(=O)N(C)C)C3)nc2c1C#N. The number of anilines is 1. The number of oxazole rings is 1. The van der Waals surface area contributed by atoms with Crippen LogP contribution in [0.5, 0.6) is 0 Å². The molecule has 0 atom stereocenters. The molecular formula is C21H19FN4O2. The van der Waals surface area contributed by atoms with Crippen molar-refractivity contribution in [1.29, 1.82) is 5.26 Å². The Kier molecular flexibility index (Phi) is 4.27. The van der Waals surface area contributed by atoms with E-state index < -0.39 is 5.82 Å². The Morgan fingerprint density at radius 3 is 2.61 bits per heavy atom. The molecule has 0 spiro atoms. The maximum atomic E-state index is 15.3. The maximum absolute atomic E-state index is 15.3. The molecular weight excluding hydrogens is 359 g/mol. The summed E-state index contributed by atoms with van der Waals surface area (Å²) in [6, 6.07) is 11.4. The smallest absolute Gasteiger partial charge is 0.298 e. The zero-order valence-electron chi connectivity index (χ0n) is 15.9. The number of rotatable bonds is 3. The first-order valence-corrected chi connectivity index (χ1v) is 8.96. The van der Waals surface area contributed by atoms with Gasteiger partial charge in [0.1, 0.15) is 11.6 Å². The second-order valence-corrected chi connectivity index (χ2v) is 7.18. The van der Waals surface area contributed by atoms with Crippen molar-refractivity contribution in [3.8, 4) is 17.2 Å². The van der Waals surface area contributed by atoms with Crippen LogP contribution in [0, 0.1) is 30.0 Å². The molecule has 0 radical (unpaired) electrons. The lowest BCUT2D eigenvalue weighted by Gasteiger charge is -2.38. The monoisotopic (exact) mass is 378 g/mol. The molecule has 28 heavy (non-hydrogen) atoms. The summed E-state index contributed by atoms with van der Waals surface area (Å²) in [5.74, 6) is -0.622. The van der Waals surface area contributed by atoms with Crippen LogP contribution in [-0.2, 0) is 4.79 Å². The number of benzene rings is 2. The zero-order chi connectivity index (χ0) is 20.0. The average Bonchev–Trinajstić information content (AvgIpc) is 3.06. The fraction of sp³-hybridized carbons (Fsp3) is 0.286. The molecule has 1 saturated heterocycles. The van der Waals surface area contributed by atoms with Gasteiger partial charge in [0, 0.05) is 32.7 Å². The van der Waals surface area contributed by atoms with Crippen molar-refractivity contribution in [1.82, 2.24) is 9.88 Å². The van der Waals surface area contributed by atoms with Crippen LogP contribution in [0.25, 0.3) is 22.2 Å². The first kappa shape index (κ1) is 18.0. The molecule has 0 aliphatic carbocycles. The summed E-state index contributed by atoms with van der Waals surface area (Å²) in [5.41, 5.74) is 2.04. The van der Waals surface area contributed by atoms with E-state index in [1.807, 2.05) is 18.2 Å². The van der Waals surface area contributed by atoms with Gasteiger partial charge in [-0.05, 0) is 18.1 Å². The largest absolute Gasteiger partial charge is 0.420 e. The van der Waals surface area contributed by atoms with E-state index in [1.54, 1.807) is 43.0 Å². The van der Waals surface area contributed by atoms with Crippen LogP contribution in [0.4, 0.5) is 10.4 Å². The lowest BCUT2D eigenvalue weighted by atomic mass is 9.95. The molecule has 1 aromatic heterocycles. The minimum absolute atomic E-state index is 0.0293. The van der Waals surface area contributed by atoms with Crippen molar-refractivity contribution in [3.63, 3.8) is 0 Å². The van der Waals surface area contributed by atoms with E-state index in [9.17, 15) is 10.1 Å². The third-order valence-electron chi connectivity index (χ3n) is 5.14. The Morgan fingerprint density at radius 1 is 1.32 bits per heavy atom. The minimum atomic E-state index is -0.530. The van der Waals surface area contributed by atoms with Crippen molar-refractivity contribution >= 4 is 23.0 Å². The van der Waals surface area contributed by atoms with Crippen LogP contribution in [-0.4, -0.2) is 43.0 Å². The third kappa shape index (κ3) is 2.69. The molecule has 0 unspecified atom stereocenters. The molecule has 7 heteroatoms. The quantitative estimate of drug-likeness (QED) is 0.699. The molecule has 1 amide bonds. The van der Waals surface area contributed by atoms with Gasteiger partial charge in [-0.2, -0.15) is 10.2 Å². The summed E-state index contributed by atoms with van der Waals surface area (Å²) in [5, 5.41) is 9.66. The second kappa shape index (κ2) is 6.64. The minimum Gasteiger partial charge on any atom is -0.420 e. The fourth-order valence-corrected chi connectivity index (χ4v) is 3.58. The van der Waals surface area contributed by atoms with E-state index in [1.165, 1.54) is 0 Å². The molecule has 3 aromatic rings. The number of nitriles is 1. The average molecular weight is 378 g/mol. The molecule has 0 N–H and O–H groups in total. The van der Waals surface area contributed by atoms with Gasteiger partial charge < -0.3 is 14.2 Å². The number of hydrogen-bond donors (Lipinski definition) is 0. The highest BCUT2D eigenvalue weighted by atomic mass is 19.1. The van der Waals surface area contributed by atoms with E-state index in [2.05, 4.69) is 11.1 Å². The number of carbonyl (C=O) groups is 1. The van der Waals surface area contributed by atoms with E-state index in [0.29, 0.717) is 35.3 Å². The summed E-state index contributed by atoms with van der Waals surface area (Å²) in [4.78, 5) is 19.7. The Morgan fingerprint density at radius 2 is 2.00 bits per heavy atom. The third-order valence-corrected chi connectivity index (χ3v) is 5.14. The topological polar surface area (TPSA) is 73.4 Å². The van der Waals surface area contributed by atoms with Gasteiger partial charge in [0.15, 0.2) is 11.4 Å². The molecule has 142 valence electrons. The Hall–Kier alpha value is -3.40. The molecule has 1 aliphatic heterocycles. The second-order valence-electron chi connectivity index (χ2n) is 7.18. The summed E-state index contributed by atoms with van der Waals surface area (Å²) < 4.78 is 21.0. The number of fused-ring (bicyclic) bond motifs is 1. The van der Waals surface area contributed by atoms with Crippen molar-refractivity contribution in [2.75, 3.05) is 32.1 Å². The fourth-order valence-electron chi connectivity index (χ4n) is 3.58. The van der Waals surface area contributed by atoms with Gasteiger partial charge in [-0.15, -0.1) is 0 Å². The molecule has 0 bridgehead atoms. The molecule has 2 aromatic carbocycles. The highest BCUT2D eigenvalue weighted by Crippen LogP contribution is 2.38. The van der Waals surface area contributed by atoms with Crippen LogP contribution in [0.1, 0.15) is 11.1 Å². The molecule has 1 aliphatic rings. The summed E-state index contributed by atoms with van der Waals surface area (Å²) in [6.07, 6.45) is 0. The van der Waals surface area contributed by atoms with E-state index in [4.69, 9.17) is 4.42 Å². The van der Waals surface area contributed by atoms with Crippen LogP contribution in [0.3, 0.4) is 0 Å². The number of carbonyl (C=O) groups excluding carboxylic acids is 1. The Bertz CT molecular complexity index is 1110. The van der Waals surface area contributed by atoms with Crippen molar-refractivity contribution in [2.24, 2.45) is 5.92 Å². The number of halogens is 1. The molecule has 6 nitrogen and oxygen atoms in total. The van der Waals surface area contributed by atoms with Crippen LogP contribution in [0.15, 0.2) is 34.7 Å². The van der Waals surface area contributed by atoms with Crippen molar-refractivity contribution in [3.05, 3.63) is 47.3 Å². The van der Waals surface area contributed by atoms with Gasteiger partial charge >= 0.3 is 0 Å². The highest BCUT2D eigenvalue weighted by Gasteiger charge is 2.37. The lowest BCUT2D eigenvalue weighted by Crippen LogP contribution is -2.53. The Balaban J connectivity index is 1.77. The van der Waals surface area contributed by atoms with Gasteiger partial charge in [0.2, 0.25) is 5.91 Å². The van der Waals surface area contributed by atoms with Crippen LogP contribution < -0.4 is 4.90 Å². The van der Waals surface area contributed by atoms with Gasteiger partial charge in [-0.25, -0.2) is 4.39 Å². The number of amides is 1. The maximum Gasteiger partial charge on any atom is 0.298 e. The predicted octanol–water partition coefficient (Wildman–Crippen LogP) is 3.34. The first-order chi connectivity index (χ1) is 13.4. The van der Waals surface area contributed by atoms with Gasteiger partial charge in [0.05, 0.1) is 11.5 Å². The van der Waals surface area contributed by atoms with Gasteiger partial charge in [0.25, 0.3) is 6.01 Å². The van der Waals surface area contributed by atoms with Crippen LogP contribution >= 0.6 is 0 Å². The van der Waals surface area contributed by atoms with Gasteiger partial charge in [-0.3, -0.25) is 4.79 Å². The number of aromatic nitrogens is 1. The molecule has 4 rings (SSSR count).